The maximum Gasteiger partial charge on any atom is 0.190 e. The van der Waals surface area contributed by atoms with Crippen LogP contribution in [0.1, 0.15) is 25.0 Å². The van der Waals surface area contributed by atoms with Crippen LogP contribution in [0.15, 0.2) is 53.3 Å². The second-order valence-electron chi connectivity index (χ2n) is 6.34. The van der Waals surface area contributed by atoms with Crippen LogP contribution in [0.4, 0.5) is 0 Å². The number of benzene rings is 2. The number of aromatic amines is 1. The lowest BCUT2D eigenvalue weighted by molar-refractivity contribution is 0.0192. The van der Waals surface area contributed by atoms with E-state index in [-0.39, 0.29) is 11.0 Å². The van der Waals surface area contributed by atoms with Gasteiger partial charge in [0.15, 0.2) is 5.43 Å². The van der Waals surface area contributed by atoms with E-state index >= 15 is 0 Å². The summed E-state index contributed by atoms with van der Waals surface area (Å²) in [6, 6.07) is 15.5. The lowest BCUT2D eigenvalue weighted by atomic mass is 9.93. The summed E-state index contributed by atoms with van der Waals surface area (Å²) in [4.78, 5) is 15.7. The van der Waals surface area contributed by atoms with Crippen LogP contribution in [0.3, 0.4) is 0 Å². The fourth-order valence-electron chi connectivity index (χ4n) is 2.80. The number of para-hydroxylation sites is 1. The molecule has 3 heteroatoms. The van der Waals surface area contributed by atoms with Crippen LogP contribution in [0, 0.1) is 6.92 Å². The Morgan fingerprint density at radius 1 is 1.04 bits per heavy atom. The van der Waals surface area contributed by atoms with Gasteiger partial charge >= 0.3 is 0 Å². The molecule has 0 aliphatic rings. The molecule has 0 aliphatic heterocycles. The van der Waals surface area contributed by atoms with Crippen LogP contribution in [-0.2, 0) is 10.3 Å². The average molecular weight is 307 g/mol. The van der Waals surface area contributed by atoms with Gasteiger partial charge in [0.2, 0.25) is 0 Å². The third-order valence-corrected chi connectivity index (χ3v) is 4.46. The van der Waals surface area contributed by atoms with Crippen LogP contribution >= 0.6 is 0 Å². The summed E-state index contributed by atoms with van der Waals surface area (Å²) in [6.45, 7) is 6.14. The number of rotatable bonds is 3. The highest BCUT2D eigenvalue weighted by atomic mass is 16.5. The minimum atomic E-state index is -0.333. The number of H-pyrrole nitrogens is 1. The molecule has 3 aromatic rings. The molecule has 0 bridgehead atoms. The molecule has 0 fully saturated rings. The molecule has 0 spiro atoms. The third kappa shape index (κ3) is 2.80. The van der Waals surface area contributed by atoms with Crippen LogP contribution in [0.5, 0.6) is 0 Å². The zero-order valence-corrected chi connectivity index (χ0v) is 13.9. The van der Waals surface area contributed by atoms with Gasteiger partial charge in [-0.3, -0.25) is 4.79 Å². The van der Waals surface area contributed by atoms with E-state index in [2.05, 4.69) is 24.0 Å². The Kier molecular flexibility index (Phi) is 3.82. The van der Waals surface area contributed by atoms with Gasteiger partial charge in [0, 0.05) is 35.3 Å². The molecule has 118 valence electrons. The van der Waals surface area contributed by atoms with Crippen LogP contribution in [0.25, 0.3) is 22.2 Å². The third-order valence-electron chi connectivity index (χ3n) is 4.46. The molecule has 0 saturated carbocycles. The van der Waals surface area contributed by atoms with Crippen molar-refractivity contribution in [1.29, 1.82) is 0 Å². The topological polar surface area (TPSA) is 42.1 Å². The van der Waals surface area contributed by atoms with Crippen molar-refractivity contribution in [2.75, 3.05) is 7.11 Å². The number of methoxy groups -OCH3 is 1. The normalized spacial score (nSPS) is 11.8. The Morgan fingerprint density at radius 3 is 2.48 bits per heavy atom. The average Bonchev–Trinajstić information content (AvgIpc) is 2.54. The molecular weight excluding hydrogens is 286 g/mol. The molecule has 0 saturated heterocycles. The van der Waals surface area contributed by atoms with Gasteiger partial charge in [-0.15, -0.1) is 0 Å². The smallest absolute Gasteiger partial charge is 0.190 e. The predicted octanol–water partition coefficient (Wildman–Crippen LogP) is 4.39. The van der Waals surface area contributed by atoms with Gasteiger partial charge in [0.25, 0.3) is 0 Å². The number of fused-ring (bicyclic) bond motifs is 1. The molecule has 0 radical (unpaired) electrons. The van der Waals surface area contributed by atoms with Gasteiger partial charge in [0.05, 0.1) is 5.60 Å². The maximum atomic E-state index is 12.3. The molecule has 3 nitrogen and oxygen atoms in total. The lowest BCUT2D eigenvalue weighted by Gasteiger charge is -2.24. The highest BCUT2D eigenvalue weighted by Crippen LogP contribution is 2.29. The zero-order valence-electron chi connectivity index (χ0n) is 13.9. The fourth-order valence-corrected chi connectivity index (χ4v) is 2.80. The van der Waals surface area contributed by atoms with E-state index in [9.17, 15) is 4.79 Å². The SMILES string of the molecule is COC(C)(C)c1ccc(-c2cc(=O)c3ccccc3[nH]2)c(C)c1. The summed E-state index contributed by atoms with van der Waals surface area (Å²) in [5.74, 6) is 0. The standard InChI is InChI=1S/C20H21NO2/c1-13-11-14(20(2,3)23-4)9-10-15(13)18-12-19(22)16-7-5-6-8-17(16)21-18/h5-12H,1-4H3,(H,21,22). The van der Waals surface area contributed by atoms with E-state index in [0.29, 0.717) is 5.39 Å². The van der Waals surface area contributed by atoms with E-state index in [1.54, 1.807) is 13.2 Å². The minimum absolute atomic E-state index is 0.0371. The van der Waals surface area contributed by atoms with Gasteiger partial charge < -0.3 is 9.72 Å². The van der Waals surface area contributed by atoms with Crippen molar-refractivity contribution in [3.8, 4) is 11.3 Å². The Labute approximate surface area is 135 Å². The van der Waals surface area contributed by atoms with Gasteiger partial charge in [-0.1, -0.05) is 30.3 Å². The van der Waals surface area contributed by atoms with E-state index in [1.807, 2.05) is 44.2 Å². The molecule has 0 aliphatic carbocycles. The van der Waals surface area contributed by atoms with Gasteiger partial charge in [-0.05, 0) is 44.0 Å². The fraction of sp³-hybridized carbons (Fsp3) is 0.250. The summed E-state index contributed by atoms with van der Waals surface area (Å²) in [5, 5.41) is 0.714. The van der Waals surface area contributed by atoms with Gasteiger partial charge in [0.1, 0.15) is 0 Å². The lowest BCUT2D eigenvalue weighted by Crippen LogP contribution is -2.19. The zero-order chi connectivity index (χ0) is 16.6. The molecule has 0 unspecified atom stereocenters. The number of pyridine rings is 1. The monoisotopic (exact) mass is 307 g/mol. The molecule has 1 heterocycles. The molecule has 0 atom stereocenters. The molecule has 0 amide bonds. The first-order chi connectivity index (χ1) is 10.9. The summed E-state index contributed by atoms with van der Waals surface area (Å²) in [7, 11) is 1.71. The van der Waals surface area contributed by atoms with E-state index < -0.39 is 0 Å². The highest BCUT2D eigenvalue weighted by molar-refractivity contribution is 5.81. The first kappa shape index (κ1) is 15.5. The van der Waals surface area contributed by atoms with Crippen molar-refractivity contribution < 1.29 is 4.74 Å². The Hall–Kier alpha value is -2.39. The maximum absolute atomic E-state index is 12.3. The van der Waals surface area contributed by atoms with Crippen molar-refractivity contribution in [3.63, 3.8) is 0 Å². The molecule has 23 heavy (non-hydrogen) atoms. The number of nitrogens with one attached hydrogen (secondary N) is 1. The summed E-state index contributed by atoms with van der Waals surface area (Å²) in [6.07, 6.45) is 0. The molecule has 1 N–H and O–H groups in total. The van der Waals surface area contributed by atoms with E-state index in [1.165, 1.54) is 0 Å². The Bertz CT molecular complexity index is 922. The second-order valence-corrected chi connectivity index (χ2v) is 6.34. The van der Waals surface area contributed by atoms with Crippen molar-refractivity contribution >= 4 is 10.9 Å². The second kappa shape index (κ2) is 5.67. The molecule has 1 aromatic heterocycles. The molecule has 3 rings (SSSR count). The van der Waals surface area contributed by atoms with Crippen molar-refractivity contribution in [3.05, 3.63) is 69.9 Å². The quantitative estimate of drug-likeness (QED) is 0.780. The van der Waals surface area contributed by atoms with Crippen molar-refractivity contribution in [1.82, 2.24) is 4.98 Å². The molecule has 2 aromatic carbocycles. The number of aromatic nitrogens is 1. The minimum Gasteiger partial charge on any atom is -0.374 e. The van der Waals surface area contributed by atoms with E-state index in [4.69, 9.17) is 4.74 Å². The van der Waals surface area contributed by atoms with Gasteiger partial charge in [-0.2, -0.15) is 0 Å². The van der Waals surface area contributed by atoms with E-state index in [0.717, 1.165) is 27.9 Å². The number of aryl methyl sites for hydroxylation is 1. The summed E-state index contributed by atoms with van der Waals surface area (Å²) in [5.41, 5.74) is 4.66. The van der Waals surface area contributed by atoms with Crippen LogP contribution < -0.4 is 5.43 Å². The summed E-state index contributed by atoms with van der Waals surface area (Å²) >= 11 is 0. The summed E-state index contributed by atoms with van der Waals surface area (Å²) < 4.78 is 5.54. The predicted molar refractivity (Wildman–Crippen MR) is 94.8 cm³/mol. The van der Waals surface area contributed by atoms with Crippen molar-refractivity contribution in [2.24, 2.45) is 0 Å². The Morgan fingerprint density at radius 2 is 1.78 bits per heavy atom. The van der Waals surface area contributed by atoms with Gasteiger partial charge in [-0.25, -0.2) is 0 Å². The number of hydrogen-bond acceptors (Lipinski definition) is 2. The largest absolute Gasteiger partial charge is 0.374 e. The van der Waals surface area contributed by atoms with Crippen LogP contribution in [-0.4, -0.2) is 12.1 Å². The number of ether oxygens (including phenoxy) is 1. The number of hydrogen-bond donors (Lipinski definition) is 1. The molecular formula is C20H21NO2. The van der Waals surface area contributed by atoms with Crippen LogP contribution in [0.2, 0.25) is 0 Å². The first-order valence-electron chi connectivity index (χ1n) is 7.71. The Balaban J connectivity index is 2.14. The first-order valence-corrected chi connectivity index (χ1v) is 7.71. The van der Waals surface area contributed by atoms with Crippen molar-refractivity contribution in [2.45, 2.75) is 26.4 Å². The highest BCUT2D eigenvalue weighted by Gasteiger charge is 2.20.